The molecule has 0 atom stereocenters. The first-order valence-corrected chi connectivity index (χ1v) is 6.98. The van der Waals surface area contributed by atoms with Gasteiger partial charge in [0.15, 0.2) is 0 Å². The van der Waals surface area contributed by atoms with Crippen molar-refractivity contribution in [3.63, 3.8) is 0 Å². The maximum absolute atomic E-state index is 2.21. The van der Waals surface area contributed by atoms with Crippen molar-refractivity contribution in [2.24, 2.45) is 0 Å². The summed E-state index contributed by atoms with van der Waals surface area (Å²) in [7, 11) is 0. The Balaban J connectivity index is 0. The molecule has 0 nitrogen and oxygen atoms in total. The monoisotopic (exact) mass is 322 g/mol. The lowest BCUT2D eigenvalue weighted by atomic mass is 9.90. The molecule has 0 amide bonds. The predicted octanol–water partition coefficient (Wildman–Crippen LogP) is 8.18. The largest absolute Gasteiger partial charge is 0.0776 e. The van der Waals surface area contributed by atoms with E-state index in [-0.39, 0.29) is 29.7 Å². The lowest BCUT2D eigenvalue weighted by Gasteiger charge is -2.14. The van der Waals surface area contributed by atoms with E-state index in [1.165, 1.54) is 33.4 Å². The predicted molar refractivity (Wildman–Crippen MR) is 114 cm³/mol. The van der Waals surface area contributed by atoms with E-state index in [9.17, 15) is 0 Å². The topological polar surface area (TPSA) is 0 Å². The van der Waals surface area contributed by atoms with Crippen LogP contribution in [0.1, 0.15) is 40.8 Å². The molecule has 0 unspecified atom stereocenters. The van der Waals surface area contributed by atoms with Crippen LogP contribution in [0.3, 0.4) is 0 Å². The van der Waals surface area contributed by atoms with E-state index in [0.717, 1.165) is 0 Å². The molecule has 0 bridgehead atoms. The Kier molecular flexibility index (Phi) is 10.4. The normalized spacial score (nSPS) is 8.75. The number of benzene rings is 3. The summed E-state index contributed by atoms with van der Waals surface area (Å²) in [4.78, 5) is 0. The fourth-order valence-electron chi connectivity index (χ4n) is 2.70. The molecule has 0 aromatic heterocycles. The number of hydrogen-bond donors (Lipinski definition) is 0. The first-order chi connectivity index (χ1) is 9.77. The molecule has 0 heterocycles. The smallest absolute Gasteiger partial charge is 0.0103 e. The van der Waals surface area contributed by atoms with Gasteiger partial charge in [-0.1, -0.05) is 103 Å². The van der Waals surface area contributed by atoms with Crippen LogP contribution in [0.15, 0.2) is 72.8 Å². The van der Waals surface area contributed by atoms with E-state index in [4.69, 9.17) is 0 Å². The van der Waals surface area contributed by atoms with Crippen LogP contribution in [0.2, 0.25) is 0 Å². The van der Waals surface area contributed by atoms with Crippen LogP contribution < -0.4 is 0 Å². The molecule has 0 spiro atoms. The Labute approximate surface area is 150 Å². The van der Waals surface area contributed by atoms with E-state index in [2.05, 4.69) is 86.6 Å². The molecule has 0 heteroatoms. The minimum Gasteiger partial charge on any atom is -0.0776 e. The molecule has 24 heavy (non-hydrogen) atoms. The zero-order valence-electron chi connectivity index (χ0n) is 11.9. The van der Waals surface area contributed by atoms with Crippen LogP contribution in [0.5, 0.6) is 0 Å². The summed E-state index contributed by atoms with van der Waals surface area (Å²) >= 11 is 0. The van der Waals surface area contributed by atoms with E-state index in [1.807, 2.05) is 0 Å². The Morgan fingerprint density at radius 2 is 0.625 bits per heavy atom. The van der Waals surface area contributed by atoms with E-state index in [1.54, 1.807) is 0 Å². The summed E-state index contributed by atoms with van der Waals surface area (Å²) in [6, 6.07) is 25.8. The Morgan fingerprint density at radius 3 is 0.917 bits per heavy atom. The van der Waals surface area contributed by atoms with E-state index in [0.29, 0.717) is 0 Å². The number of rotatable bonds is 2. The maximum Gasteiger partial charge on any atom is -0.0103 e. The third kappa shape index (κ3) is 4.58. The van der Waals surface area contributed by atoms with Crippen molar-refractivity contribution in [3.8, 4) is 22.3 Å². The third-order valence-corrected chi connectivity index (χ3v) is 3.80. The minimum absolute atomic E-state index is 0. The van der Waals surface area contributed by atoms with Gasteiger partial charge in [-0.2, -0.15) is 0 Å². The molecule has 0 N–H and O–H groups in total. The van der Waals surface area contributed by atoms with Crippen molar-refractivity contribution in [1.29, 1.82) is 0 Å². The molecule has 0 aliphatic heterocycles. The Morgan fingerprint density at radius 1 is 0.375 bits per heavy atom. The highest BCUT2D eigenvalue weighted by Crippen LogP contribution is 2.34. The highest BCUT2D eigenvalue weighted by Gasteiger charge is 2.09. The molecule has 0 saturated heterocycles. The molecule has 130 valence electrons. The average Bonchev–Trinajstić information content (AvgIpc) is 2.48. The molecule has 0 aliphatic rings. The fourth-order valence-corrected chi connectivity index (χ4v) is 2.70. The van der Waals surface area contributed by atoms with Gasteiger partial charge in [0.25, 0.3) is 0 Å². The highest BCUT2D eigenvalue weighted by molar-refractivity contribution is 5.85. The standard InChI is InChI=1S/C20H18.4CH4/c1-15-9-3-5-11-17(15)19-13-7-8-14-20(19)18-12-6-4-10-16(18)2;;;;/h3-14H,1-2H3;4*1H4. The van der Waals surface area contributed by atoms with Gasteiger partial charge in [0.1, 0.15) is 0 Å². The molecule has 0 radical (unpaired) electrons. The first-order valence-electron chi connectivity index (χ1n) is 6.98. The van der Waals surface area contributed by atoms with Gasteiger partial charge >= 0.3 is 0 Å². The SMILES string of the molecule is C.C.C.C.Cc1ccccc1-c1ccccc1-c1ccccc1C. The van der Waals surface area contributed by atoms with Crippen molar-refractivity contribution in [2.45, 2.75) is 43.6 Å². The second-order valence-electron chi connectivity index (χ2n) is 5.18. The van der Waals surface area contributed by atoms with Gasteiger partial charge < -0.3 is 0 Å². The second-order valence-corrected chi connectivity index (χ2v) is 5.18. The van der Waals surface area contributed by atoms with Gasteiger partial charge in [0, 0.05) is 0 Å². The lowest BCUT2D eigenvalue weighted by molar-refractivity contribution is 1.43. The molecule has 3 aromatic rings. The van der Waals surface area contributed by atoms with Gasteiger partial charge in [0.05, 0.1) is 0 Å². The first kappa shape index (κ1) is 23.9. The van der Waals surface area contributed by atoms with Crippen LogP contribution in [-0.2, 0) is 0 Å². The summed E-state index contributed by atoms with van der Waals surface area (Å²) in [5.74, 6) is 0. The maximum atomic E-state index is 2.21. The molecule has 3 rings (SSSR count). The van der Waals surface area contributed by atoms with Gasteiger partial charge in [-0.25, -0.2) is 0 Å². The summed E-state index contributed by atoms with van der Waals surface area (Å²) in [5.41, 5.74) is 7.86. The van der Waals surface area contributed by atoms with Crippen molar-refractivity contribution in [2.75, 3.05) is 0 Å². The molecule has 0 aliphatic carbocycles. The van der Waals surface area contributed by atoms with Gasteiger partial charge in [-0.15, -0.1) is 0 Å². The lowest BCUT2D eigenvalue weighted by Crippen LogP contribution is -1.89. The quantitative estimate of drug-likeness (QED) is 0.446. The average molecular weight is 323 g/mol. The Hall–Kier alpha value is -2.34. The zero-order chi connectivity index (χ0) is 13.9. The van der Waals surface area contributed by atoms with Gasteiger partial charge in [-0.3, -0.25) is 0 Å². The van der Waals surface area contributed by atoms with E-state index < -0.39 is 0 Å². The third-order valence-electron chi connectivity index (χ3n) is 3.80. The zero-order valence-corrected chi connectivity index (χ0v) is 11.9. The van der Waals surface area contributed by atoms with Crippen LogP contribution in [-0.4, -0.2) is 0 Å². The van der Waals surface area contributed by atoms with Crippen LogP contribution in [0, 0.1) is 13.8 Å². The minimum atomic E-state index is 0. The molecule has 0 fully saturated rings. The summed E-state index contributed by atoms with van der Waals surface area (Å²) in [6.45, 7) is 4.34. The van der Waals surface area contributed by atoms with Crippen LogP contribution in [0.25, 0.3) is 22.3 Å². The van der Waals surface area contributed by atoms with Crippen molar-refractivity contribution >= 4 is 0 Å². The van der Waals surface area contributed by atoms with Crippen molar-refractivity contribution in [3.05, 3.63) is 83.9 Å². The molecular weight excluding hydrogens is 288 g/mol. The fraction of sp³-hybridized carbons (Fsp3) is 0.250. The van der Waals surface area contributed by atoms with Gasteiger partial charge in [0.2, 0.25) is 0 Å². The Bertz CT molecular complexity index is 674. The summed E-state index contributed by atoms with van der Waals surface area (Å²) in [6.07, 6.45) is 0. The van der Waals surface area contributed by atoms with Crippen LogP contribution >= 0.6 is 0 Å². The molecule has 3 aromatic carbocycles. The second kappa shape index (κ2) is 10.4. The van der Waals surface area contributed by atoms with E-state index >= 15 is 0 Å². The van der Waals surface area contributed by atoms with Crippen molar-refractivity contribution < 1.29 is 0 Å². The number of hydrogen-bond acceptors (Lipinski definition) is 0. The van der Waals surface area contributed by atoms with Gasteiger partial charge in [-0.05, 0) is 47.2 Å². The molecular formula is C24H34. The summed E-state index contributed by atoms with van der Waals surface area (Å²) in [5, 5.41) is 0. The van der Waals surface area contributed by atoms with Crippen molar-refractivity contribution in [1.82, 2.24) is 0 Å². The molecule has 0 saturated carbocycles. The number of aryl methyl sites for hydroxylation is 2. The highest BCUT2D eigenvalue weighted by atomic mass is 14.1. The van der Waals surface area contributed by atoms with Crippen LogP contribution in [0.4, 0.5) is 0 Å². The summed E-state index contributed by atoms with van der Waals surface area (Å²) < 4.78 is 0.